The number of nitrogens with one attached hydrogen (secondary N) is 2. The molecule has 6 nitrogen and oxygen atoms in total. The van der Waals surface area contributed by atoms with Gasteiger partial charge in [-0.2, -0.15) is 0 Å². The summed E-state index contributed by atoms with van der Waals surface area (Å²) >= 11 is 6.01. The largest absolute Gasteiger partial charge is 0.457 e. The van der Waals surface area contributed by atoms with Crippen LogP contribution in [0.15, 0.2) is 79.0 Å². The maximum absolute atomic E-state index is 13.1. The van der Waals surface area contributed by atoms with Gasteiger partial charge in [-0.1, -0.05) is 41.9 Å². The average molecular weight is 504 g/mol. The molecule has 36 heavy (non-hydrogen) atoms. The number of para-hydroxylation sites is 1. The highest BCUT2D eigenvalue weighted by Gasteiger charge is 2.22. The Balaban J connectivity index is 1.35. The van der Waals surface area contributed by atoms with Crippen LogP contribution in [0.5, 0.6) is 11.5 Å². The van der Waals surface area contributed by atoms with E-state index in [2.05, 4.69) is 33.4 Å². The van der Waals surface area contributed by atoms with E-state index in [1.165, 1.54) is 0 Å². The molecule has 4 aromatic rings. The summed E-state index contributed by atoms with van der Waals surface area (Å²) < 4.78 is 11.5. The van der Waals surface area contributed by atoms with Crippen molar-refractivity contribution in [3.05, 3.63) is 95.1 Å². The second-order valence-electron chi connectivity index (χ2n) is 8.98. The topological polar surface area (TPSA) is 66.6 Å². The molecule has 1 amide bonds. The number of carbonyl (C=O) groups is 1. The van der Waals surface area contributed by atoms with Crippen LogP contribution in [0.3, 0.4) is 0 Å². The lowest BCUT2D eigenvalue weighted by atomic mass is 9.88. The minimum absolute atomic E-state index is 0.0302. The van der Waals surface area contributed by atoms with Gasteiger partial charge in [0.1, 0.15) is 11.5 Å². The molecule has 0 aliphatic carbocycles. The number of hydrogen-bond acceptors (Lipinski definition) is 4. The fourth-order valence-corrected chi connectivity index (χ4v) is 4.78. The van der Waals surface area contributed by atoms with Gasteiger partial charge in [0.25, 0.3) is 0 Å². The molecule has 1 fully saturated rings. The summed E-state index contributed by atoms with van der Waals surface area (Å²) in [5.74, 6) is 1.33. The number of aromatic nitrogens is 1. The number of ether oxygens (including phenoxy) is 2. The van der Waals surface area contributed by atoms with Gasteiger partial charge in [-0.3, -0.25) is 9.69 Å². The molecule has 1 atom stereocenters. The van der Waals surface area contributed by atoms with E-state index in [0.29, 0.717) is 29.5 Å². The first-order valence-corrected chi connectivity index (χ1v) is 12.7. The number of amides is 1. The van der Waals surface area contributed by atoms with Gasteiger partial charge in [-0.05, 0) is 53.6 Å². The van der Waals surface area contributed by atoms with Crippen molar-refractivity contribution >= 4 is 28.4 Å². The van der Waals surface area contributed by atoms with Crippen molar-refractivity contribution in [1.29, 1.82) is 0 Å². The van der Waals surface area contributed by atoms with Gasteiger partial charge in [0.15, 0.2) is 0 Å². The first-order valence-electron chi connectivity index (χ1n) is 12.3. The Hall–Kier alpha value is -3.32. The highest BCUT2D eigenvalue weighted by molar-refractivity contribution is 6.30. The first kappa shape index (κ1) is 24.4. The molecule has 7 heteroatoms. The zero-order valence-corrected chi connectivity index (χ0v) is 20.8. The smallest absolute Gasteiger partial charge is 0.220 e. The summed E-state index contributed by atoms with van der Waals surface area (Å²) in [5.41, 5.74) is 3.17. The molecule has 186 valence electrons. The van der Waals surface area contributed by atoms with Crippen LogP contribution in [-0.2, 0) is 9.53 Å². The lowest BCUT2D eigenvalue weighted by Gasteiger charge is -2.26. The summed E-state index contributed by atoms with van der Waals surface area (Å²) in [6.07, 6.45) is 2.36. The molecule has 5 rings (SSSR count). The lowest BCUT2D eigenvalue weighted by molar-refractivity contribution is -0.121. The number of benzene rings is 3. The maximum Gasteiger partial charge on any atom is 0.220 e. The molecule has 1 unspecified atom stereocenters. The molecule has 1 aromatic heterocycles. The number of fused-ring (bicyclic) bond motifs is 1. The molecule has 0 bridgehead atoms. The Kier molecular flexibility index (Phi) is 7.86. The maximum atomic E-state index is 13.1. The molecule has 0 radical (unpaired) electrons. The number of halogens is 1. The standard InChI is InChI=1S/C29H30ClN3O3/c30-22-8-10-23(11-9-22)36-24-5-3-4-21(18-24)26(27-20-32-28-7-2-1-6-25(27)28)19-29(34)31-12-13-33-14-16-35-17-15-33/h1-11,18,20,26,32H,12-17,19H2,(H,31,34). The average Bonchev–Trinajstić information content (AvgIpc) is 3.33. The normalized spacial score (nSPS) is 15.0. The van der Waals surface area contributed by atoms with Crippen LogP contribution >= 0.6 is 11.6 Å². The minimum atomic E-state index is -0.127. The van der Waals surface area contributed by atoms with Gasteiger partial charge in [0.2, 0.25) is 5.91 Å². The van der Waals surface area contributed by atoms with E-state index in [1.54, 1.807) is 12.1 Å². The summed E-state index contributed by atoms with van der Waals surface area (Å²) in [4.78, 5) is 18.8. The summed E-state index contributed by atoms with van der Waals surface area (Å²) in [7, 11) is 0. The molecular weight excluding hydrogens is 474 g/mol. The van der Waals surface area contributed by atoms with Crippen molar-refractivity contribution in [3.63, 3.8) is 0 Å². The molecule has 1 aliphatic heterocycles. The Bertz CT molecular complexity index is 1300. The Morgan fingerprint density at radius 1 is 1.03 bits per heavy atom. The summed E-state index contributed by atoms with van der Waals surface area (Å²) in [5, 5.41) is 4.90. The zero-order valence-electron chi connectivity index (χ0n) is 20.1. The predicted molar refractivity (Wildman–Crippen MR) is 143 cm³/mol. The van der Waals surface area contributed by atoms with E-state index in [-0.39, 0.29) is 11.8 Å². The quantitative estimate of drug-likeness (QED) is 0.313. The predicted octanol–water partition coefficient (Wildman–Crippen LogP) is 5.58. The van der Waals surface area contributed by atoms with Gasteiger partial charge in [-0.15, -0.1) is 0 Å². The van der Waals surface area contributed by atoms with Gasteiger partial charge in [0, 0.05) is 60.6 Å². The first-order chi connectivity index (χ1) is 17.7. The van der Waals surface area contributed by atoms with E-state index >= 15 is 0 Å². The van der Waals surface area contributed by atoms with Gasteiger partial charge in [-0.25, -0.2) is 0 Å². The molecule has 1 aliphatic rings. The van der Waals surface area contributed by atoms with E-state index in [4.69, 9.17) is 21.1 Å². The number of rotatable bonds is 9. The van der Waals surface area contributed by atoms with Crippen molar-refractivity contribution in [2.24, 2.45) is 0 Å². The Morgan fingerprint density at radius 3 is 2.67 bits per heavy atom. The molecular formula is C29H30ClN3O3. The van der Waals surface area contributed by atoms with Crippen LogP contribution in [0.4, 0.5) is 0 Å². The number of carbonyl (C=O) groups excluding carboxylic acids is 1. The third kappa shape index (κ3) is 6.08. The fraction of sp³-hybridized carbons (Fsp3) is 0.276. The van der Waals surface area contributed by atoms with Gasteiger partial charge >= 0.3 is 0 Å². The van der Waals surface area contributed by atoms with Crippen molar-refractivity contribution < 1.29 is 14.3 Å². The van der Waals surface area contributed by atoms with E-state index in [1.807, 2.05) is 48.7 Å². The number of hydrogen-bond donors (Lipinski definition) is 2. The number of aromatic amines is 1. The Morgan fingerprint density at radius 2 is 1.83 bits per heavy atom. The van der Waals surface area contributed by atoms with Crippen LogP contribution in [0.1, 0.15) is 23.5 Å². The summed E-state index contributed by atoms with van der Waals surface area (Å²) in [6.45, 7) is 4.79. The van der Waals surface area contributed by atoms with Crippen molar-refractivity contribution in [2.45, 2.75) is 12.3 Å². The molecule has 1 saturated heterocycles. The van der Waals surface area contributed by atoms with Gasteiger partial charge < -0.3 is 19.8 Å². The van der Waals surface area contributed by atoms with Crippen LogP contribution in [0, 0.1) is 0 Å². The number of H-pyrrole nitrogens is 1. The number of nitrogens with zero attached hydrogens (tertiary/aromatic N) is 1. The Labute approximate surface area is 216 Å². The monoisotopic (exact) mass is 503 g/mol. The van der Waals surface area contributed by atoms with E-state index < -0.39 is 0 Å². The van der Waals surface area contributed by atoms with E-state index in [0.717, 1.165) is 54.9 Å². The number of morpholine rings is 1. The van der Waals surface area contributed by atoms with Crippen molar-refractivity contribution in [1.82, 2.24) is 15.2 Å². The molecule has 2 N–H and O–H groups in total. The fourth-order valence-electron chi connectivity index (χ4n) is 4.66. The second kappa shape index (κ2) is 11.6. The molecule has 0 saturated carbocycles. The molecule has 3 aromatic carbocycles. The zero-order chi connectivity index (χ0) is 24.7. The lowest BCUT2D eigenvalue weighted by Crippen LogP contribution is -2.41. The SMILES string of the molecule is O=C(CC(c1cccc(Oc2ccc(Cl)cc2)c1)c1c[nH]c2ccccc12)NCCN1CCOCC1. The third-order valence-corrected chi connectivity index (χ3v) is 6.80. The second-order valence-corrected chi connectivity index (χ2v) is 9.42. The third-order valence-electron chi connectivity index (χ3n) is 6.55. The molecule has 2 heterocycles. The van der Waals surface area contributed by atoms with Crippen LogP contribution < -0.4 is 10.1 Å². The molecule has 0 spiro atoms. The van der Waals surface area contributed by atoms with Crippen molar-refractivity contribution in [2.75, 3.05) is 39.4 Å². The van der Waals surface area contributed by atoms with Crippen LogP contribution in [-0.4, -0.2) is 55.2 Å². The van der Waals surface area contributed by atoms with Gasteiger partial charge in [0.05, 0.1) is 13.2 Å². The summed E-state index contributed by atoms with van der Waals surface area (Å²) in [6, 6.07) is 23.4. The van der Waals surface area contributed by atoms with E-state index in [9.17, 15) is 4.79 Å². The van der Waals surface area contributed by atoms with Crippen LogP contribution in [0.2, 0.25) is 5.02 Å². The van der Waals surface area contributed by atoms with Crippen LogP contribution in [0.25, 0.3) is 10.9 Å². The highest BCUT2D eigenvalue weighted by atomic mass is 35.5. The van der Waals surface area contributed by atoms with Crippen molar-refractivity contribution in [3.8, 4) is 11.5 Å². The minimum Gasteiger partial charge on any atom is -0.457 e. The highest BCUT2D eigenvalue weighted by Crippen LogP contribution is 2.35.